The van der Waals surface area contributed by atoms with Crippen molar-refractivity contribution >= 4 is 38.9 Å². The molecule has 0 aromatic heterocycles. The van der Waals surface area contributed by atoms with Gasteiger partial charge in [-0.05, 0) is 55.2 Å². The van der Waals surface area contributed by atoms with E-state index in [1.54, 1.807) is 30.0 Å². The Morgan fingerprint density at radius 1 is 1.20 bits per heavy atom. The van der Waals surface area contributed by atoms with Crippen LogP contribution in [0.2, 0.25) is 10.0 Å². The Kier molecular flexibility index (Phi) is 7.32. The monoisotopic (exact) mass is 469 g/mol. The van der Waals surface area contributed by atoms with Crippen LogP contribution in [-0.4, -0.2) is 42.9 Å². The minimum atomic E-state index is -3.16. The molecule has 1 fully saturated rings. The number of ether oxygens (including phenoxy) is 1. The van der Waals surface area contributed by atoms with Crippen molar-refractivity contribution in [3.8, 4) is 5.75 Å². The van der Waals surface area contributed by atoms with E-state index in [2.05, 4.69) is 6.92 Å². The molecular weight excluding hydrogens is 445 g/mol. The standard InChI is InChI=1S/C22H25Cl2NO4S/c1-3-16-4-8-20(9-5-16)29-15(2)22(26)25(19-10-11-30(27,28)14-19)13-17-6-7-18(23)12-21(17)24/h4-9,12,15,19H,3,10-11,13-14H2,1-2H3. The molecule has 1 aliphatic heterocycles. The van der Waals surface area contributed by atoms with Crippen molar-refractivity contribution in [2.45, 2.75) is 45.4 Å². The Bertz CT molecular complexity index is 1010. The number of carbonyl (C=O) groups excluding carboxylic acids is 1. The molecule has 30 heavy (non-hydrogen) atoms. The van der Waals surface area contributed by atoms with E-state index in [1.807, 2.05) is 24.3 Å². The SMILES string of the molecule is CCc1ccc(OC(C)C(=O)N(Cc2ccc(Cl)cc2Cl)C2CCS(=O)(=O)C2)cc1. The maximum absolute atomic E-state index is 13.3. The van der Waals surface area contributed by atoms with E-state index >= 15 is 0 Å². The zero-order valence-electron chi connectivity index (χ0n) is 17.0. The smallest absolute Gasteiger partial charge is 0.263 e. The summed E-state index contributed by atoms with van der Waals surface area (Å²) in [7, 11) is -3.16. The third-order valence-corrected chi connectivity index (χ3v) is 7.62. The highest BCUT2D eigenvalue weighted by Crippen LogP contribution is 2.27. The molecule has 0 saturated carbocycles. The maximum Gasteiger partial charge on any atom is 0.263 e. The predicted molar refractivity (Wildman–Crippen MR) is 120 cm³/mol. The highest BCUT2D eigenvalue weighted by atomic mass is 35.5. The van der Waals surface area contributed by atoms with Crippen LogP contribution >= 0.6 is 23.2 Å². The second kappa shape index (κ2) is 9.58. The van der Waals surface area contributed by atoms with Crippen molar-refractivity contribution in [2.24, 2.45) is 0 Å². The molecule has 1 saturated heterocycles. The Hall–Kier alpha value is -1.76. The molecule has 1 heterocycles. The maximum atomic E-state index is 13.3. The summed E-state index contributed by atoms with van der Waals surface area (Å²) in [6.07, 6.45) is 0.546. The van der Waals surface area contributed by atoms with Gasteiger partial charge in [-0.15, -0.1) is 0 Å². The van der Waals surface area contributed by atoms with E-state index in [4.69, 9.17) is 27.9 Å². The second-order valence-corrected chi connectivity index (χ2v) is 10.6. The van der Waals surface area contributed by atoms with Gasteiger partial charge in [0.2, 0.25) is 0 Å². The molecule has 1 amide bonds. The van der Waals surface area contributed by atoms with Crippen LogP contribution in [0.4, 0.5) is 0 Å². The lowest BCUT2D eigenvalue weighted by Crippen LogP contribution is -2.46. The molecule has 1 aliphatic rings. The minimum absolute atomic E-state index is 0.0537. The van der Waals surface area contributed by atoms with Gasteiger partial charge >= 0.3 is 0 Å². The van der Waals surface area contributed by atoms with Crippen LogP contribution in [0.25, 0.3) is 0 Å². The molecule has 0 aliphatic carbocycles. The first-order valence-corrected chi connectivity index (χ1v) is 12.5. The first-order valence-electron chi connectivity index (χ1n) is 9.89. The normalized spacial score (nSPS) is 18.7. The quantitative estimate of drug-likeness (QED) is 0.596. The lowest BCUT2D eigenvalue weighted by Gasteiger charge is -2.31. The lowest BCUT2D eigenvalue weighted by atomic mass is 10.1. The van der Waals surface area contributed by atoms with Gasteiger partial charge in [-0.2, -0.15) is 0 Å². The van der Waals surface area contributed by atoms with Gasteiger partial charge in [-0.1, -0.05) is 48.3 Å². The van der Waals surface area contributed by atoms with Crippen LogP contribution in [-0.2, 0) is 27.6 Å². The van der Waals surface area contributed by atoms with Crippen molar-refractivity contribution < 1.29 is 17.9 Å². The fourth-order valence-electron chi connectivity index (χ4n) is 3.53. The van der Waals surface area contributed by atoms with Crippen molar-refractivity contribution in [1.82, 2.24) is 4.90 Å². The fraction of sp³-hybridized carbons (Fsp3) is 0.409. The number of sulfone groups is 1. The molecule has 0 bridgehead atoms. The molecule has 2 atom stereocenters. The minimum Gasteiger partial charge on any atom is -0.481 e. The van der Waals surface area contributed by atoms with E-state index in [9.17, 15) is 13.2 Å². The third-order valence-electron chi connectivity index (χ3n) is 5.28. The van der Waals surface area contributed by atoms with Crippen LogP contribution in [0.5, 0.6) is 5.75 Å². The molecule has 8 heteroatoms. The summed E-state index contributed by atoms with van der Waals surface area (Å²) in [5, 5.41) is 0.933. The van der Waals surface area contributed by atoms with Gasteiger partial charge in [0, 0.05) is 22.6 Å². The zero-order valence-corrected chi connectivity index (χ0v) is 19.3. The Balaban J connectivity index is 1.81. The van der Waals surface area contributed by atoms with Crippen LogP contribution in [0.3, 0.4) is 0 Å². The number of carbonyl (C=O) groups is 1. The Morgan fingerprint density at radius 2 is 1.90 bits per heavy atom. The first-order chi connectivity index (χ1) is 14.2. The van der Waals surface area contributed by atoms with Gasteiger partial charge in [-0.25, -0.2) is 8.42 Å². The number of aryl methyl sites for hydroxylation is 1. The van der Waals surface area contributed by atoms with Crippen molar-refractivity contribution in [2.75, 3.05) is 11.5 Å². The molecular formula is C22H25Cl2NO4S. The number of amides is 1. The highest BCUT2D eigenvalue weighted by Gasteiger charge is 2.37. The van der Waals surface area contributed by atoms with E-state index in [0.717, 1.165) is 6.42 Å². The summed E-state index contributed by atoms with van der Waals surface area (Å²) in [4.78, 5) is 14.9. The molecule has 0 radical (unpaired) electrons. The second-order valence-electron chi connectivity index (χ2n) is 7.52. The number of halogens is 2. The van der Waals surface area contributed by atoms with E-state index in [1.165, 1.54) is 5.56 Å². The van der Waals surface area contributed by atoms with E-state index < -0.39 is 22.0 Å². The predicted octanol–water partition coefficient (Wildman–Crippen LogP) is 4.54. The fourth-order valence-corrected chi connectivity index (χ4v) is 5.73. The number of benzene rings is 2. The number of nitrogens with zero attached hydrogens (tertiary/aromatic N) is 1. The third kappa shape index (κ3) is 5.68. The van der Waals surface area contributed by atoms with Gasteiger partial charge in [0.05, 0.1) is 11.5 Å². The van der Waals surface area contributed by atoms with E-state index in [-0.39, 0.29) is 24.0 Å². The zero-order chi connectivity index (χ0) is 21.9. The molecule has 2 unspecified atom stereocenters. The Morgan fingerprint density at radius 3 is 2.47 bits per heavy atom. The first kappa shape index (κ1) is 22.9. The molecule has 2 aromatic rings. The van der Waals surface area contributed by atoms with Gasteiger partial charge in [0.25, 0.3) is 5.91 Å². The van der Waals surface area contributed by atoms with Crippen LogP contribution in [0.1, 0.15) is 31.4 Å². The largest absolute Gasteiger partial charge is 0.481 e. The molecule has 162 valence electrons. The highest BCUT2D eigenvalue weighted by molar-refractivity contribution is 7.91. The van der Waals surface area contributed by atoms with Crippen molar-refractivity contribution in [3.63, 3.8) is 0 Å². The van der Waals surface area contributed by atoms with Crippen molar-refractivity contribution in [3.05, 3.63) is 63.6 Å². The average Bonchev–Trinajstić information content (AvgIpc) is 3.07. The van der Waals surface area contributed by atoms with E-state index in [0.29, 0.717) is 27.8 Å². The van der Waals surface area contributed by atoms with Gasteiger partial charge in [0.1, 0.15) is 5.75 Å². The van der Waals surface area contributed by atoms with Gasteiger partial charge in [0.15, 0.2) is 15.9 Å². The topological polar surface area (TPSA) is 63.7 Å². The summed E-state index contributed by atoms with van der Waals surface area (Å²) in [6.45, 7) is 3.94. The lowest BCUT2D eigenvalue weighted by molar-refractivity contribution is -0.140. The number of hydrogen-bond donors (Lipinski definition) is 0. The van der Waals surface area contributed by atoms with Crippen LogP contribution < -0.4 is 4.74 Å². The average molecular weight is 470 g/mol. The van der Waals surface area contributed by atoms with Crippen molar-refractivity contribution in [1.29, 1.82) is 0 Å². The van der Waals surface area contributed by atoms with Gasteiger partial charge < -0.3 is 9.64 Å². The number of rotatable bonds is 7. The summed E-state index contributed by atoms with van der Waals surface area (Å²) in [5.74, 6) is 0.338. The number of hydrogen-bond acceptors (Lipinski definition) is 4. The van der Waals surface area contributed by atoms with Crippen LogP contribution in [0.15, 0.2) is 42.5 Å². The van der Waals surface area contributed by atoms with Crippen LogP contribution in [0, 0.1) is 0 Å². The molecule has 0 spiro atoms. The summed E-state index contributed by atoms with van der Waals surface area (Å²) in [5.41, 5.74) is 1.88. The summed E-state index contributed by atoms with van der Waals surface area (Å²) in [6, 6.07) is 12.2. The summed E-state index contributed by atoms with van der Waals surface area (Å²) < 4.78 is 29.9. The summed E-state index contributed by atoms with van der Waals surface area (Å²) >= 11 is 12.3. The molecule has 2 aromatic carbocycles. The molecule has 5 nitrogen and oxygen atoms in total. The molecule has 0 N–H and O–H groups in total. The Labute approximate surface area is 187 Å². The molecule has 3 rings (SSSR count). The van der Waals surface area contributed by atoms with Gasteiger partial charge in [-0.3, -0.25) is 4.79 Å².